The van der Waals surface area contributed by atoms with Crippen molar-refractivity contribution in [1.29, 1.82) is 0 Å². The Hall–Kier alpha value is -2.91. The van der Waals surface area contributed by atoms with Crippen LogP contribution in [-0.2, 0) is 24.2 Å². The molecule has 0 unspecified atom stereocenters. The fourth-order valence-electron chi connectivity index (χ4n) is 3.91. The molecule has 0 saturated heterocycles. The first kappa shape index (κ1) is 22.3. The third-order valence-corrected chi connectivity index (χ3v) is 6.95. The molecule has 32 heavy (non-hydrogen) atoms. The van der Waals surface area contributed by atoms with Crippen LogP contribution in [-0.4, -0.2) is 31.4 Å². The number of aryl methyl sites for hydroxylation is 3. The highest BCUT2D eigenvalue weighted by atomic mass is 32.1. The van der Waals surface area contributed by atoms with Crippen LogP contribution in [0.5, 0.6) is 0 Å². The van der Waals surface area contributed by atoms with Gasteiger partial charge in [0.15, 0.2) is 21.5 Å². The number of fused-ring (bicyclic) bond motifs is 1. The normalized spacial score (nSPS) is 12.9. The lowest BCUT2D eigenvalue weighted by Gasteiger charge is -2.16. The summed E-state index contributed by atoms with van der Waals surface area (Å²) in [6.45, 7) is 6.13. The molecular weight excluding hydrogens is 442 g/mol. The highest BCUT2D eigenvalue weighted by Gasteiger charge is 2.18. The molecule has 0 spiro atoms. The van der Waals surface area contributed by atoms with Crippen molar-refractivity contribution in [2.24, 2.45) is 0 Å². The number of amides is 1. The Labute approximate surface area is 195 Å². The Kier molecular flexibility index (Phi) is 6.76. The van der Waals surface area contributed by atoms with Gasteiger partial charge in [-0.25, -0.2) is 4.98 Å². The molecule has 166 valence electrons. The Morgan fingerprint density at radius 3 is 2.84 bits per heavy atom. The van der Waals surface area contributed by atoms with Gasteiger partial charge in [0.1, 0.15) is 0 Å². The Balaban J connectivity index is 1.39. The second-order valence-corrected chi connectivity index (χ2v) is 9.23. The number of carbonyl (C=O) groups excluding carboxylic acids is 2. The van der Waals surface area contributed by atoms with E-state index < -0.39 is 0 Å². The number of aromatic nitrogens is 4. The van der Waals surface area contributed by atoms with Crippen LogP contribution in [0, 0.1) is 11.7 Å². The maximum absolute atomic E-state index is 12.6. The van der Waals surface area contributed by atoms with Crippen molar-refractivity contribution < 1.29 is 9.59 Å². The van der Waals surface area contributed by atoms with E-state index >= 15 is 0 Å². The lowest BCUT2D eigenvalue weighted by Crippen LogP contribution is -2.14. The molecule has 1 aromatic carbocycles. The van der Waals surface area contributed by atoms with Crippen molar-refractivity contribution in [1.82, 2.24) is 19.7 Å². The molecule has 3 aromatic rings. The van der Waals surface area contributed by atoms with E-state index in [2.05, 4.69) is 33.1 Å². The third kappa shape index (κ3) is 4.78. The van der Waals surface area contributed by atoms with E-state index in [1.165, 1.54) is 35.3 Å². The van der Waals surface area contributed by atoms with Crippen LogP contribution in [0.15, 0.2) is 30.9 Å². The summed E-state index contributed by atoms with van der Waals surface area (Å²) >= 11 is 6.60. The van der Waals surface area contributed by atoms with E-state index in [0.717, 1.165) is 23.4 Å². The highest BCUT2D eigenvalue weighted by Crippen LogP contribution is 2.32. The van der Waals surface area contributed by atoms with Gasteiger partial charge in [0, 0.05) is 24.9 Å². The minimum atomic E-state index is -0.235. The van der Waals surface area contributed by atoms with E-state index in [0.29, 0.717) is 27.8 Å². The summed E-state index contributed by atoms with van der Waals surface area (Å²) in [4.78, 5) is 30.3. The molecule has 1 amide bonds. The molecule has 0 fully saturated rings. The molecule has 4 rings (SSSR count). The molecule has 1 aliphatic rings. The first-order valence-corrected chi connectivity index (χ1v) is 11.9. The smallest absolute Gasteiger partial charge is 0.226 e. The predicted molar refractivity (Wildman–Crippen MR) is 129 cm³/mol. The minimum Gasteiger partial charge on any atom is -0.302 e. The molecule has 7 nitrogen and oxygen atoms in total. The second-order valence-electron chi connectivity index (χ2n) is 7.85. The van der Waals surface area contributed by atoms with Gasteiger partial charge in [-0.05, 0) is 62.0 Å². The van der Waals surface area contributed by atoms with E-state index in [4.69, 9.17) is 12.2 Å². The van der Waals surface area contributed by atoms with E-state index in [1.807, 2.05) is 23.6 Å². The quantitative estimate of drug-likeness (QED) is 0.275. The summed E-state index contributed by atoms with van der Waals surface area (Å²) in [6, 6.07) is 5.95. The van der Waals surface area contributed by atoms with Gasteiger partial charge in [-0.15, -0.1) is 6.58 Å². The van der Waals surface area contributed by atoms with Crippen molar-refractivity contribution in [3.63, 3.8) is 0 Å². The fraction of sp³-hybridized carbons (Fsp3) is 0.348. The first-order chi connectivity index (χ1) is 15.5. The summed E-state index contributed by atoms with van der Waals surface area (Å²) in [7, 11) is 0. The zero-order valence-electron chi connectivity index (χ0n) is 17.9. The number of benzene rings is 1. The number of nitrogens with zero attached hydrogens (tertiary/aromatic N) is 3. The van der Waals surface area contributed by atoms with Gasteiger partial charge in [0.05, 0.1) is 10.6 Å². The lowest BCUT2D eigenvalue weighted by atomic mass is 9.89. The van der Waals surface area contributed by atoms with Crippen LogP contribution in [0.3, 0.4) is 0 Å². The molecule has 0 aliphatic heterocycles. The first-order valence-electron chi connectivity index (χ1n) is 10.6. The number of Topliss-reactive ketones (excluding diaryl/α,β-unsaturated/α-hetero) is 1. The number of hydrogen-bond donors (Lipinski definition) is 2. The Morgan fingerprint density at radius 2 is 2.06 bits per heavy atom. The minimum absolute atomic E-state index is 0.00973. The van der Waals surface area contributed by atoms with E-state index in [1.54, 1.807) is 6.08 Å². The predicted octanol–water partition coefficient (Wildman–Crippen LogP) is 5.04. The number of aromatic amines is 1. The van der Waals surface area contributed by atoms with Crippen LogP contribution >= 0.6 is 23.6 Å². The van der Waals surface area contributed by atoms with E-state index in [-0.39, 0.29) is 24.5 Å². The van der Waals surface area contributed by atoms with Gasteiger partial charge in [-0.2, -0.15) is 5.10 Å². The topological polar surface area (TPSA) is 92.7 Å². The van der Waals surface area contributed by atoms with Gasteiger partial charge in [0.25, 0.3) is 0 Å². The van der Waals surface area contributed by atoms with Crippen LogP contribution in [0.2, 0.25) is 0 Å². The number of nitrogens with one attached hydrogen (secondary N) is 2. The van der Waals surface area contributed by atoms with Crippen molar-refractivity contribution in [2.45, 2.75) is 52.0 Å². The summed E-state index contributed by atoms with van der Waals surface area (Å²) in [6.07, 6.45) is 6.51. The molecule has 9 heteroatoms. The molecular formula is C23H25N5O2S2. The molecule has 2 heterocycles. The lowest BCUT2D eigenvalue weighted by molar-refractivity contribution is -0.116. The van der Waals surface area contributed by atoms with Crippen molar-refractivity contribution in [2.75, 3.05) is 5.32 Å². The number of carbonyl (C=O) groups is 2. The molecule has 0 atom stereocenters. The number of thiazole rings is 1. The molecule has 0 bridgehead atoms. The maximum Gasteiger partial charge on any atom is 0.226 e. The molecule has 0 saturated carbocycles. The zero-order chi connectivity index (χ0) is 22.7. The van der Waals surface area contributed by atoms with Crippen LogP contribution in [0.1, 0.15) is 52.9 Å². The average Bonchev–Trinajstić information content (AvgIpc) is 3.33. The fourth-order valence-corrected chi connectivity index (χ4v) is 5.09. The Bertz CT molecular complexity index is 1240. The van der Waals surface area contributed by atoms with Crippen LogP contribution in [0.4, 0.5) is 5.13 Å². The number of allylic oxidation sites excluding steroid dienone is 1. The second kappa shape index (κ2) is 9.70. The number of anilines is 1. The summed E-state index contributed by atoms with van der Waals surface area (Å²) in [5.74, 6) is 0.416. The summed E-state index contributed by atoms with van der Waals surface area (Å²) < 4.78 is 2.32. The summed E-state index contributed by atoms with van der Waals surface area (Å²) in [5.41, 5.74) is 4.05. The Morgan fingerprint density at radius 1 is 1.28 bits per heavy atom. The number of rotatable bonds is 8. The number of hydrogen-bond acceptors (Lipinski definition) is 6. The van der Waals surface area contributed by atoms with Crippen LogP contribution in [0.25, 0.3) is 10.7 Å². The molecule has 1 aliphatic carbocycles. The largest absolute Gasteiger partial charge is 0.302 e. The standard InChI is InChI=1S/C23H25N5O2S2/c1-3-12-28-21(26-27-23(28)31)20-14(2)24-22(32-20)25-19(30)11-10-18(29)17-9-8-15-6-4-5-7-16(15)13-17/h3,8-9,13H,1,4-7,10-12H2,2H3,(H,27,31)(H,24,25,30). The van der Waals surface area contributed by atoms with Gasteiger partial charge in [-0.1, -0.05) is 29.5 Å². The number of ketones is 1. The van der Waals surface area contributed by atoms with Crippen molar-refractivity contribution >= 4 is 40.4 Å². The van der Waals surface area contributed by atoms with Gasteiger partial charge < -0.3 is 5.32 Å². The summed E-state index contributed by atoms with van der Waals surface area (Å²) in [5, 5.41) is 10.4. The molecule has 2 N–H and O–H groups in total. The maximum atomic E-state index is 12.6. The van der Waals surface area contributed by atoms with Crippen molar-refractivity contribution in [3.05, 3.63) is 58.0 Å². The van der Waals surface area contributed by atoms with Gasteiger partial charge >= 0.3 is 0 Å². The number of H-pyrrole nitrogens is 1. The monoisotopic (exact) mass is 467 g/mol. The van der Waals surface area contributed by atoms with E-state index in [9.17, 15) is 9.59 Å². The van der Waals surface area contributed by atoms with Gasteiger partial charge in [-0.3, -0.25) is 19.3 Å². The average molecular weight is 468 g/mol. The molecule has 2 aromatic heterocycles. The van der Waals surface area contributed by atoms with Gasteiger partial charge in [0.2, 0.25) is 5.91 Å². The van der Waals surface area contributed by atoms with Crippen molar-refractivity contribution in [3.8, 4) is 10.7 Å². The third-order valence-electron chi connectivity index (χ3n) is 5.57. The van der Waals surface area contributed by atoms with Crippen LogP contribution < -0.4 is 5.32 Å². The SMILES string of the molecule is C=CCn1c(-c2sc(NC(=O)CCC(=O)c3ccc4c(c3)CCCC4)nc2C)n[nH]c1=S. The zero-order valence-corrected chi connectivity index (χ0v) is 19.6. The molecule has 0 radical (unpaired) electrons. The highest BCUT2D eigenvalue weighted by molar-refractivity contribution is 7.71.